The quantitative estimate of drug-likeness (QED) is 0.128. The molecule has 7 rings (SSSR count). The van der Waals surface area contributed by atoms with Crippen molar-refractivity contribution in [2.75, 3.05) is 6.54 Å². The van der Waals surface area contributed by atoms with Crippen molar-refractivity contribution in [1.82, 2.24) is 15.1 Å². The fourth-order valence-electron chi connectivity index (χ4n) is 5.74. The molecule has 0 bridgehead atoms. The molecule has 0 radical (unpaired) electrons. The Hall–Kier alpha value is -3.56. The molecule has 5 aromatic rings. The van der Waals surface area contributed by atoms with Gasteiger partial charge in [0, 0.05) is 34.2 Å². The Morgan fingerprint density at radius 1 is 0.667 bits per heavy atom. The van der Waals surface area contributed by atoms with Crippen LogP contribution in [-0.2, 0) is 0 Å². The monoisotopic (exact) mass is 645 g/mol. The van der Waals surface area contributed by atoms with Crippen LogP contribution in [0.4, 0.5) is 0 Å². The largest absolute Gasteiger partial charge is 0.448 e. The molecule has 7 nitrogen and oxygen atoms in total. The van der Waals surface area contributed by atoms with Crippen LogP contribution in [0.5, 0.6) is 0 Å². The number of furan rings is 2. The highest BCUT2D eigenvalue weighted by Gasteiger charge is 2.38. The lowest BCUT2D eigenvalue weighted by atomic mass is 9.90. The van der Waals surface area contributed by atoms with Gasteiger partial charge in [0.15, 0.2) is 20.9 Å². The van der Waals surface area contributed by atoms with E-state index in [0.29, 0.717) is 55.3 Å². The maximum atomic E-state index is 13.6. The maximum Gasteiger partial charge on any atom is 0.261 e. The van der Waals surface area contributed by atoms with Gasteiger partial charge in [-0.05, 0) is 91.2 Å². The molecule has 3 aromatic heterocycles. The Morgan fingerprint density at radius 3 is 1.62 bits per heavy atom. The van der Waals surface area contributed by atoms with E-state index in [-0.39, 0.29) is 11.8 Å². The first-order chi connectivity index (χ1) is 19.0. The van der Waals surface area contributed by atoms with Gasteiger partial charge in [0.2, 0.25) is 0 Å². The van der Waals surface area contributed by atoms with Gasteiger partial charge in [0.1, 0.15) is 11.4 Å². The molecule has 0 saturated heterocycles. The molecule has 2 aromatic carbocycles. The second-order valence-electron chi connectivity index (χ2n) is 9.75. The number of benzene rings is 2. The topological polar surface area (TPSA) is 89.4 Å². The summed E-state index contributed by atoms with van der Waals surface area (Å²) in [5.74, 6) is 0.622. The van der Waals surface area contributed by atoms with Gasteiger partial charge in [-0.2, -0.15) is 0 Å². The summed E-state index contributed by atoms with van der Waals surface area (Å²) >= 11 is 6.78. The fourth-order valence-corrected chi connectivity index (χ4v) is 6.35. The molecule has 9 heteroatoms. The number of hydrogen-bond acceptors (Lipinski definition) is 6. The van der Waals surface area contributed by atoms with Crippen molar-refractivity contribution in [3.8, 4) is 45.2 Å². The highest BCUT2D eigenvalue weighted by atomic mass is 79.9. The van der Waals surface area contributed by atoms with Crippen molar-refractivity contribution in [3.63, 3.8) is 0 Å². The SMILES string of the molecule is CCCCCCN1C(=O)c2ccc3c4c(ccc(c24)C1=O)-c1c(-c2ccc(Br)o2)nnc(-c2ccc(Br)o2)c1-3. The van der Waals surface area contributed by atoms with Gasteiger partial charge in [-0.3, -0.25) is 14.5 Å². The van der Waals surface area contributed by atoms with Gasteiger partial charge >= 0.3 is 0 Å². The number of fused-ring (bicyclic) bond motifs is 3. The minimum atomic E-state index is -0.245. The number of aromatic nitrogens is 2. The zero-order valence-electron chi connectivity index (χ0n) is 20.9. The van der Waals surface area contributed by atoms with Gasteiger partial charge in [-0.1, -0.05) is 38.3 Å². The number of unbranched alkanes of at least 4 members (excludes halogenated alkanes) is 3. The Morgan fingerprint density at radius 2 is 1.15 bits per heavy atom. The number of carbonyl (C=O) groups is 2. The van der Waals surface area contributed by atoms with E-state index in [0.717, 1.165) is 53.3 Å². The molecule has 0 unspecified atom stereocenters. The summed E-state index contributed by atoms with van der Waals surface area (Å²) in [4.78, 5) is 28.6. The zero-order valence-corrected chi connectivity index (χ0v) is 24.1. The van der Waals surface area contributed by atoms with E-state index < -0.39 is 0 Å². The number of hydrogen-bond donors (Lipinski definition) is 0. The standard InChI is InChI=1S/C30H21Br2N3O4/c1-2-3-4-5-14-35-29(36)17-8-6-15-23-16(7-9-18(24(17)23)30(35)37)26-25(15)27(19-10-12-21(31)38-19)33-34-28(26)20-11-13-22(32)39-20/h6-13H,2-5,14H2,1H3. The molecule has 0 spiro atoms. The van der Waals surface area contributed by atoms with Crippen LogP contribution in [0.3, 0.4) is 0 Å². The molecule has 0 saturated carbocycles. The van der Waals surface area contributed by atoms with Crippen molar-refractivity contribution >= 4 is 54.4 Å². The van der Waals surface area contributed by atoms with Crippen LogP contribution < -0.4 is 0 Å². The van der Waals surface area contributed by atoms with E-state index in [4.69, 9.17) is 8.83 Å². The third-order valence-corrected chi connectivity index (χ3v) is 8.32. The number of carbonyl (C=O) groups excluding carboxylic acids is 2. The second-order valence-corrected chi connectivity index (χ2v) is 11.3. The third-order valence-electron chi connectivity index (χ3n) is 7.47. The molecular weight excluding hydrogens is 626 g/mol. The first kappa shape index (κ1) is 24.5. The molecule has 0 fully saturated rings. The summed E-state index contributed by atoms with van der Waals surface area (Å²) in [5, 5.41) is 10.7. The highest BCUT2D eigenvalue weighted by Crippen LogP contribution is 2.55. The minimum Gasteiger partial charge on any atom is -0.448 e. The Balaban J connectivity index is 1.46. The van der Waals surface area contributed by atoms with Gasteiger partial charge in [0.25, 0.3) is 11.8 Å². The van der Waals surface area contributed by atoms with E-state index in [1.54, 1.807) is 0 Å². The summed E-state index contributed by atoms with van der Waals surface area (Å²) in [6.07, 6.45) is 3.96. The van der Waals surface area contributed by atoms with Crippen LogP contribution in [0.25, 0.3) is 55.9 Å². The van der Waals surface area contributed by atoms with Crippen molar-refractivity contribution < 1.29 is 18.4 Å². The number of imide groups is 1. The van der Waals surface area contributed by atoms with Gasteiger partial charge in [-0.25, -0.2) is 0 Å². The Kier molecular flexibility index (Phi) is 5.82. The lowest BCUT2D eigenvalue weighted by molar-refractivity contribution is 0.0608. The number of halogens is 2. The summed E-state index contributed by atoms with van der Waals surface area (Å²) in [6, 6.07) is 14.9. The molecule has 0 atom stereocenters. The summed E-state index contributed by atoms with van der Waals surface area (Å²) in [7, 11) is 0. The smallest absolute Gasteiger partial charge is 0.261 e. The second kappa shape index (κ2) is 9.27. The first-order valence-electron chi connectivity index (χ1n) is 12.9. The van der Waals surface area contributed by atoms with Crippen molar-refractivity contribution in [1.29, 1.82) is 0 Å². The van der Waals surface area contributed by atoms with Gasteiger partial charge < -0.3 is 8.83 Å². The minimum absolute atomic E-state index is 0.245. The third kappa shape index (κ3) is 3.67. The average Bonchev–Trinajstić information content (AvgIpc) is 3.66. The first-order valence-corrected chi connectivity index (χ1v) is 14.4. The van der Waals surface area contributed by atoms with E-state index >= 15 is 0 Å². The average molecular weight is 647 g/mol. The predicted molar refractivity (Wildman–Crippen MR) is 154 cm³/mol. The fraction of sp³-hybridized carbons (Fsp3) is 0.200. The van der Waals surface area contributed by atoms with E-state index in [9.17, 15) is 9.59 Å². The lowest BCUT2D eigenvalue weighted by Gasteiger charge is -2.27. The predicted octanol–water partition coefficient (Wildman–Crippen LogP) is 8.50. The molecular formula is C30H21Br2N3O4. The summed E-state index contributed by atoms with van der Waals surface area (Å²) in [5.41, 5.74) is 5.64. The van der Waals surface area contributed by atoms with Crippen LogP contribution >= 0.6 is 31.9 Å². The van der Waals surface area contributed by atoms with Crippen molar-refractivity contribution in [2.45, 2.75) is 32.6 Å². The molecule has 2 aliphatic rings. The van der Waals surface area contributed by atoms with Crippen molar-refractivity contribution in [3.05, 3.63) is 69.0 Å². The molecule has 4 heterocycles. The Bertz CT molecular complexity index is 1720. The van der Waals surface area contributed by atoms with E-state index in [1.165, 1.54) is 4.90 Å². The lowest BCUT2D eigenvalue weighted by Crippen LogP contribution is -2.40. The number of rotatable bonds is 7. The summed E-state index contributed by atoms with van der Waals surface area (Å²) < 4.78 is 12.9. The van der Waals surface area contributed by atoms with Crippen LogP contribution in [-0.4, -0.2) is 33.5 Å². The molecule has 39 heavy (non-hydrogen) atoms. The van der Waals surface area contributed by atoms with E-state index in [1.807, 2.05) is 48.5 Å². The molecule has 2 amide bonds. The normalized spacial score (nSPS) is 13.6. The zero-order chi connectivity index (χ0) is 26.8. The number of nitrogens with zero attached hydrogens (tertiary/aromatic N) is 3. The maximum absolute atomic E-state index is 13.6. The molecule has 1 aliphatic carbocycles. The van der Waals surface area contributed by atoms with Gasteiger partial charge in [0.05, 0.1) is 0 Å². The van der Waals surface area contributed by atoms with Gasteiger partial charge in [-0.15, -0.1) is 10.2 Å². The Labute approximate surface area is 240 Å². The highest BCUT2D eigenvalue weighted by molar-refractivity contribution is 9.10. The van der Waals surface area contributed by atoms with E-state index in [2.05, 4.69) is 49.0 Å². The number of amides is 2. The van der Waals surface area contributed by atoms with Crippen LogP contribution in [0.15, 0.2) is 66.7 Å². The molecule has 1 aliphatic heterocycles. The van der Waals surface area contributed by atoms with Crippen LogP contribution in [0, 0.1) is 0 Å². The van der Waals surface area contributed by atoms with Crippen molar-refractivity contribution in [2.24, 2.45) is 0 Å². The molecule has 0 N–H and O–H groups in total. The summed E-state index contributed by atoms with van der Waals surface area (Å²) in [6.45, 7) is 2.56. The van der Waals surface area contributed by atoms with Crippen LogP contribution in [0.1, 0.15) is 53.3 Å². The van der Waals surface area contributed by atoms with Crippen LogP contribution in [0.2, 0.25) is 0 Å². The molecule has 194 valence electrons.